The molecule has 2 nitrogen and oxygen atoms in total. The lowest BCUT2D eigenvalue weighted by molar-refractivity contribution is 0.00973. The van der Waals surface area contributed by atoms with Gasteiger partial charge in [-0.25, -0.2) is 0 Å². The number of ether oxygens (including phenoxy) is 1. The number of hydrogen-bond donors (Lipinski definition) is 1. The molecule has 1 aliphatic carbocycles. The summed E-state index contributed by atoms with van der Waals surface area (Å²) in [5.74, 6) is 0.884. The lowest BCUT2D eigenvalue weighted by atomic mass is 9.82. The maximum absolute atomic E-state index is 5.60. The van der Waals surface area contributed by atoms with Gasteiger partial charge in [0, 0.05) is 13.2 Å². The summed E-state index contributed by atoms with van der Waals surface area (Å²) in [5, 5.41) is 3.83. The first-order valence-electron chi connectivity index (χ1n) is 8.87. The van der Waals surface area contributed by atoms with E-state index in [1.54, 1.807) is 0 Å². The maximum Gasteiger partial charge on any atom is 0.0623 e. The summed E-state index contributed by atoms with van der Waals surface area (Å²) in [7, 11) is 1.84. The van der Waals surface area contributed by atoms with Gasteiger partial charge < -0.3 is 10.1 Å². The second kappa shape index (κ2) is 9.78. The fourth-order valence-corrected chi connectivity index (χ4v) is 3.33. The summed E-state index contributed by atoms with van der Waals surface area (Å²) < 4.78 is 5.60. The highest BCUT2D eigenvalue weighted by Gasteiger charge is 2.25. The fraction of sp³-hybridized carbons (Fsp3) is 1.00. The van der Waals surface area contributed by atoms with E-state index in [1.165, 1.54) is 57.8 Å². The Morgan fingerprint density at radius 2 is 1.70 bits per heavy atom. The van der Waals surface area contributed by atoms with Crippen LogP contribution in [0.2, 0.25) is 0 Å². The van der Waals surface area contributed by atoms with Crippen molar-refractivity contribution in [3.63, 3.8) is 0 Å². The third-order valence-corrected chi connectivity index (χ3v) is 4.99. The van der Waals surface area contributed by atoms with Crippen LogP contribution in [-0.4, -0.2) is 25.3 Å². The van der Waals surface area contributed by atoms with Crippen molar-refractivity contribution in [2.24, 2.45) is 5.92 Å². The van der Waals surface area contributed by atoms with E-state index in [9.17, 15) is 0 Å². The Morgan fingerprint density at radius 3 is 2.25 bits per heavy atom. The molecule has 0 heterocycles. The van der Waals surface area contributed by atoms with Gasteiger partial charge in [0.05, 0.1) is 5.60 Å². The third-order valence-electron chi connectivity index (χ3n) is 4.99. The van der Waals surface area contributed by atoms with Gasteiger partial charge in [0.2, 0.25) is 0 Å². The van der Waals surface area contributed by atoms with Crippen LogP contribution in [0, 0.1) is 5.92 Å². The lowest BCUT2D eigenvalue weighted by Crippen LogP contribution is -2.39. The zero-order valence-electron chi connectivity index (χ0n) is 14.3. The van der Waals surface area contributed by atoms with Crippen LogP contribution >= 0.6 is 0 Å². The Hall–Kier alpha value is -0.0800. The van der Waals surface area contributed by atoms with Gasteiger partial charge in [0.1, 0.15) is 0 Å². The fourth-order valence-electron chi connectivity index (χ4n) is 3.33. The van der Waals surface area contributed by atoms with Crippen molar-refractivity contribution in [2.75, 3.05) is 13.7 Å². The zero-order chi connectivity index (χ0) is 14.8. The van der Waals surface area contributed by atoms with Crippen molar-refractivity contribution in [2.45, 2.75) is 96.6 Å². The van der Waals surface area contributed by atoms with E-state index in [2.05, 4.69) is 26.1 Å². The van der Waals surface area contributed by atoms with Gasteiger partial charge in [-0.1, -0.05) is 39.0 Å². The highest BCUT2D eigenvalue weighted by atomic mass is 16.5. The summed E-state index contributed by atoms with van der Waals surface area (Å²) in [4.78, 5) is 0. The van der Waals surface area contributed by atoms with E-state index in [0.29, 0.717) is 6.04 Å². The molecule has 0 radical (unpaired) electrons. The van der Waals surface area contributed by atoms with Gasteiger partial charge in [-0.05, 0) is 58.4 Å². The summed E-state index contributed by atoms with van der Waals surface area (Å²) in [6.45, 7) is 7.85. The molecule has 0 aromatic heterocycles. The van der Waals surface area contributed by atoms with Crippen LogP contribution in [0.1, 0.15) is 85.0 Å². The Kier molecular flexibility index (Phi) is 8.79. The van der Waals surface area contributed by atoms with Gasteiger partial charge in [0.25, 0.3) is 0 Å². The Morgan fingerprint density at radius 1 is 1.10 bits per heavy atom. The van der Waals surface area contributed by atoms with Gasteiger partial charge >= 0.3 is 0 Å². The molecule has 1 aliphatic rings. The molecule has 1 unspecified atom stereocenters. The molecule has 1 atom stereocenters. The number of hydrogen-bond acceptors (Lipinski definition) is 2. The number of methoxy groups -OCH3 is 1. The molecule has 1 fully saturated rings. The maximum atomic E-state index is 5.60. The molecule has 0 bridgehead atoms. The van der Waals surface area contributed by atoms with Crippen LogP contribution in [-0.2, 0) is 4.74 Å². The molecule has 0 spiro atoms. The Balaban J connectivity index is 2.51. The van der Waals surface area contributed by atoms with Crippen LogP contribution in [0.5, 0.6) is 0 Å². The van der Waals surface area contributed by atoms with E-state index in [1.807, 2.05) is 7.11 Å². The Bertz CT molecular complexity index is 232. The van der Waals surface area contributed by atoms with Gasteiger partial charge in [-0.15, -0.1) is 0 Å². The topological polar surface area (TPSA) is 21.3 Å². The van der Waals surface area contributed by atoms with E-state index >= 15 is 0 Å². The average Bonchev–Trinajstić information content (AvgIpc) is 2.40. The van der Waals surface area contributed by atoms with Crippen molar-refractivity contribution in [3.05, 3.63) is 0 Å². The van der Waals surface area contributed by atoms with E-state index in [4.69, 9.17) is 4.74 Å². The molecule has 120 valence electrons. The summed E-state index contributed by atoms with van der Waals surface area (Å²) in [5.41, 5.74) is 0.0216. The largest absolute Gasteiger partial charge is 0.379 e. The van der Waals surface area contributed by atoms with E-state index in [-0.39, 0.29) is 5.60 Å². The lowest BCUT2D eigenvalue weighted by Gasteiger charge is -2.32. The van der Waals surface area contributed by atoms with Crippen LogP contribution in [0.25, 0.3) is 0 Å². The smallest absolute Gasteiger partial charge is 0.0623 e. The molecule has 0 aromatic carbocycles. The molecule has 2 heteroatoms. The first-order valence-corrected chi connectivity index (χ1v) is 8.87. The quantitative estimate of drug-likeness (QED) is 0.682. The molecule has 1 rings (SSSR count). The SMILES string of the molecule is CCCNC(CCC(C)(C)OC)C1CCCCCCC1. The molecule has 1 saturated carbocycles. The van der Waals surface area contributed by atoms with Crippen molar-refractivity contribution in [1.29, 1.82) is 0 Å². The van der Waals surface area contributed by atoms with Gasteiger partial charge in [-0.2, -0.15) is 0 Å². The Labute approximate surface area is 127 Å². The minimum absolute atomic E-state index is 0.0216. The van der Waals surface area contributed by atoms with Crippen LogP contribution in [0.15, 0.2) is 0 Å². The second-order valence-corrected chi connectivity index (χ2v) is 7.17. The predicted octanol–water partition coefficient (Wildman–Crippen LogP) is 4.92. The van der Waals surface area contributed by atoms with Crippen molar-refractivity contribution in [3.8, 4) is 0 Å². The molecular weight excluding hydrogens is 246 g/mol. The molecule has 0 amide bonds. The molecule has 20 heavy (non-hydrogen) atoms. The summed E-state index contributed by atoms with van der Waals surface area (Å²) in [6.07, 6.45) is 13.7. The molecule has 1 N–H and O–H groups in total. The molecular formula is C18H37NO. The number of rotatable bonds is 8. The average molecular weight is 284 g/mol. The highest BCUT2D eigenvalue weighted by Crippen LogP contribution is 2.28. The molecule has 0 aliphatic heterocycles. The number of nitrogens with one attached hydrogen (secondary N) is 1. The normalized spacial score (nSPS) is 20.4. The highest BCUT2D eigenvalue weighted by molar-refractivity contribution is 4.81. The summed E-state index contributed by atoms with van der Waals surface area (Å²) in [6, 6.07) is 0.697. The van der Waals surface area contributed by atoms with Gasteiger partial charge in [-0.3, -0.25) is 0 Å². The van der Waals surface area contributed by atoms with Crippen molar-refractivity contribution in [1.82, 2.24) is 5.32 Å². The minimum Gasteiger partial charge on any atom is -0.379 e. The van der Waals surface area contributed by atoms with Crippen LogP contribution < -0.4 is 5.32 Å². The first-order chi connectivity index (χ1) is 9.59. The monoisotopic (exact) mass is 283 g/mol. The van der Waals surface area contributed by atoms with Crippen LogP contribution in [0.3, 0.4) is 0 Å². The second-order valence-electron chi connectivity index (χ2n) is 7.17. The summed E-state index contributed by atoms with van der Waals surface area (Å²) >= 11 is 0. The van der Waals surface area contributed by atoms with Crippen molar-refractivity contribution >= 4 is 0 Å². The first kappa shape index (κ1) is 18.0. The third kappa shape index (κ3) is 7.08. The predicted molar refractivity (Wildman–Crippen MR) is 88.2 cm³/mol. The zero-order valence-corrected chi connectivity index (χ0v) is 14.3. The van der Waals surface area contributed by atoms with Crippen molar-refractivity contribution < 1.29 is 4.74 Å². The van der Waals surface area contributed by atoms with Gasteiger partial charge in [0.15, 0.2) is 0 Å². The minimum atomic E-state index is 0.0216. The standard InChI is InChI=1S/C18H37NO/c1-5-15-19-17(13-14-18(2,3)20-4)16-11-9-7-6-8-10-12-16/h16-17,19H,5-15H2,1-4H3. The molecule has 0 aromatic rings. The van der Waals surface area contributed by atoms with E-state index in [0.717, 1.165) is 18.9 Å². The van der Waals surface area contributed by atoms with Crippen LogP contribution in [0.4, 0.5) is 0 Å². The molecule has 0 saturated heterocycles. The van der Waals surface area contributed by atoms with E-state index < -0.39 is 0 Å².